The van der Waals surface area contributed by atoms with Crippen LogP contribution in [0.15, 0.2) is 12.3 Å². The Labute approximate surface area is 86.0 Å². The average Bonchev–Trinajstić information content (AvgIpc) is 2.15. The van der Waals surface area contributed by atoms with E-state index in [4.69, 9.17) is 4.74 Å². The van der Waals surface area contributed by atoms with Crippen LogP contribution < -0.4 is 0 Å². The van der Waals surface area contributed by atoms with Crippen LogP contribution in [0, 0.1) is 17.0 Å². The van der Waals surface area contributed by atoms with Gasteiger partial charge in [-0.25, -0.2) is 0 Å². The van der Waals surface area contributed by atoms with Crippen LogP contribution in [0.25, 0.3) is 0 Å². The zero-order valence-electron chi connectivity index (χ0n) is 8.39. The van der Waals surface area contributed by atoms with Crippen molar-refractivity contribution in [3.8, 4) is 0 Å². The van der Waals surface area contributed by atoms with Gasteiger partial charge in [0.1, 0.15) is 6.61 Å². The van der Waals surface area contributed by atoms with Crippen molar-refractivity contribution in [3.05, 3.63) is 33.6 Å². The van der Waals surface area contributed by atoms with Crippen LogP contribution in [0.3, 0.4) is 0 Å². The number of hydrogen-bond acceptors (Lipinski definition) is 5. The fraction of sp³-hybridized carbons (Fsp3) is 0.333. The van der Waals surface area contributed by atoms with Crippen molar-refractivity contribution in [2.24, 2.45) is 0 Å². The molecule has 0 N–H and O–H groups in total. The first-order valence-corrected chi connectivity index (χ1v) is 4.24. The number of nitro groups is 1. The Morgan fingerprint density at radius 1 is 1.67 bits per heavy atom. The first-order valence-electron chi connectivity index (χ1n) is 4.24. The second-order valence-electron chi connectivity index (χ2n) is 2.94. The number of pyridine rings is 1. The SMILES string of the molecule is CC(=O)OCc1nccc([N+](=O)[O-])c1C. The number of esters is 1. The van der Waals surface area contributed by atoms with Crippen LogP contribution in [0.1, 0.15) is 18.2 Å². The highest BCUT2D eigenvalue weighted by molar-refractivity contribution is 5.65. The molecule has 0 bridgehead atoms. The first kappa shape index (κ1) is 11.1. The summed E-state index contributed by atoms with van der Waals surface area (Å²) in [5.41, 5.74) is 0.801. The highest BCUT2D eigenvalue weighted by Crippen LogP contribution is 2.19. The summed E-state index contributed by atoms with van der Waals surface area (Å²) in [6.45, 7) is 2.81. The van der Waals surface area contributed by atoms with Crippen LogP contribution in [0.4, 0.5) is 5.69 Å². The Morgan fingerprint density at radius 3 is 2.87 bits per heavy atom. The summed E-state index contributed by atoms with van der Waals surface area (Å²) in [6.07, 6.45) is 1.32. The standard InChI is InChI=1S/C9H10N2O4/c1-6-8(5-15-7(2)12)10-4-3-9(6)11(13)14/h3-4H,5H2,1-2H3. The number of aromatic nitrogens is 1. The van der Waals surface area contributed by atoms with E-state index in [9.17, 15) is 14.9 Å². The van der Waals surface area contributed by atoms with Gasteiger partial charge in [0, 0.05) is 19.2 Å². The molecule has 15 heavy (non-hydrogen) atoms. The third-order valence-corrected chi connectivity index (χ3v) is 1.89. The molecule has 0 unspecified atom stereocenters. The largest absolute Gasteiger partial charge is 0.459 e. The molecule has 0 aliphatic carbocycles. The minimum Gasteiger partial charge on any atom is -0.459 e. The molecule has 0 amide bonds. The summed E-state index contributed by atoms with van der Waals surface area (Å²) in [7, 11) is 0. The van der Waals surface area contributed by atoms with E-state index in [1.807, 2.05) is 0 Å². The van der Waals surface area contributed by atoms with Gasteiger partial charge in [0.2, 0.25) is 0 Å². The molecule has 0 spiro atoms. The maximum Gasteiger partial charge on any atom is 0.303 e. The molecule has 0 aliphatic rings. The van der Waals surface area contributed by atoms with Crippen molar-refractivity contribution >= 4 is 11.7 Å². The van der Waals surface area contributed by atoms with Gasteiger partial charge in [0.15, 0.2) is 0 Å². The Kier molecular flexibility index (Phi) is 3.33. The van der Waals surface area contributed by atoms with E-state index in [2.05, 4.69) is 4.98 Å². The summed E-state index contributed by atoms with van der Waals surface area (Å²) >= 11 is 0. The van der Waals surface area contributed by atoms with Gasteiger partial charge in [0.25, 0.3) is 5.69 Å². The topological polar surface area (TPSA) is 82.3 Å². The molecule has 1 aromatic rings. The van der Waals surface area contributed by atoms with E-state index < -0.39 is 10.9 Å². The lowest BCUT2D eigenvalue weighted by molar-refractivity contribution is -0.385. The summed E-state index contributed by atoms with van der Waals surface area (Å²) in [5.74, 6) is -0.442. The monoisotopic (exact) mass is 210 g/mol. The molecule has 80 valence electrons. The Balaban J connectivity index is 2.94. The van der Waals surface area contributed by atoms with Crippen molar-refractivity contribution in [2.75, 3.05) is 0 Å². The summed E-state index contributed by atoms with van der Waals surface area (Å²) in [6, 6.07) is 1.31. The van der Waals surface area contributed by atoms with E-state index in [0.29, 0.717) is 11.3 Å². The molecular formula is C9H10N2O4. The second kappa shape index (κ2) is 4.50. The van der Waals surface area contributed by atoms with Crippen molar-refractivity contribution in [3.63, 3.8) is 0 Å². The molecule has 1 aromatic heterocycles. The van der Waals surface area contributed by atoms with E-state index in [-0.39, 0.29) is 12.3 Å². The summed E-state index contributed by atoms with van der Waals surface area (Å²) < 4.78 is 4.72. The fourth-order valence-electron chi connectivity index (χ4n) is 1.08. The number of rotatable bonds is 3. The van der Waals surface area contributed by atoms with Crippen LogP contribution in [-0.4, -0.2) is 15.9 Å². The van der Waals surface area contributed by atoms with Gasteiger partial charge in [-0.2, -0.15) is 0 Å². The van der Waals surface area contributed by atoms with Crippen LogP contribution in [0.5, 0.6) is 0 Å². The minimum absolute atomic E-state index is 0.0212. The highest BCUT2D eigenvalue weighted by Gasteiger charge is 2.14. The van der Waals surface area contributed by atoms with E-state index >= 15 is 0 Å². The molecule has 0 aliphatic heterocycles. The number of carbonyl (C=O) groups is 1. The second-order valence-corrected chi connectivity index (χ2v) is 2.94. The first-order chi connectivity index (χ1) is 7.02. The van der Waals surface area contributed by atoms with Crippen LogP contribution >= 0.6 is 0 Å². The van der Waals surface area contributed by atoms with Crippen molar-refractivity contribution in [1.29, 1.82) is 0 Å². The zero-order valence-corrected chi connectivity index (χ0v) is 8.39. The predicted molar refractivity (Wildman–Crippen MR) is 51.1 cm³/mol. The van der Waals surface area contributed by atoms with Crippen LogP contribution in [-0.2, 0) is 16.1 Å². The molecule has 6 heteroatoms. The maximum atomic E-state index is 10.6. The number of ether oxygens (including phenoxy) is 1. The quantitative estimate of drug-likeness (QED) is 0.427. The van der Waals surface area contributed by atoms with Gasteiger partial charge >= 0.3 is 5.97 Å². The molecular weight excluding hydrogens is 200 g/mol. The van der Waals surface area contributed by atoms with Gasteiger partial charge < -0.3 is 4.74 Å². The summed E-state index contributed by atoms with van der Waals surface area (Å²) in [4.78, 5) is 24.6. The number of nitrogens with zero attached hydrogens (tertiary/aromatic N) is 2. The van der Waals surface area contributed by atoms with E-state index in [1.165, 1.54) is 19.2 Å². The minimum atomic E-state index is -0.492. The number of carbonyl (C=O) groups excluding carboxylic acids is 1. The molecule has 0 fully saturated rings. The van der Waals surface area contributed by atoms with Gasteiger partial charge in [-0.15, -0.1) is 0 Å². The van der Waals surface area contributed by atoms with E-state index in [0.717, 1.165) is 0 Å². The van der Waals surface area contributed by atoms with Crippen molar-refractivity contribution in [2.45, 2.75) is 20.5 Å². The predicted octanol–water partition coefficient (Wildman–Crippen LogP) is 1.36. The Hall–Kier alpha value is -1.98. The molecule has 0 saturated heterocycles. The lowest BCUT2D eigenvalue weighted by atomic mass is 10.2. The van der Waals surface area contributed by atoms with Gasteiger partial charge in [-0.05, 0) is 6.92 Å². The van der Waals surface area contributed by atoms with Gasteiger partial charge in [-0.3, -0.25) is 19.9 Å². The highest BCUT2D eigenvalue weighted by atomic mass is 16.6. The lowest BCUT2D eigenvalue weighted by Gasteiger charge is -2.04. The molecule has 1 heterocycles. The van der Waals surface area contributed by atoms with Gasteiger partial charge in [-0.1, -0.05) is 0 Å². The van der Waals surface area contributed by atoms with Gasteiger partial charge in [0.05, 0.1) is 16.2 Å². The molecule has 0 aromatic carbocycles. The summed E-state index contributed by atoms with van der Waals surface area (Å²) in [5, 5.41) is 10.6. The van der Waals surface area contributed by atoms with Crippen molar-refractivity contribution in [1.82, 2.24) is 4.98 Å². The molecule has 0 saturated carbocycles. The Morgan fingerprint density at radius 2 is 2.33 bits per heavy atom. The molecule has 1 rings (SSSR count). The lowest BCUT2D eigenvalue weighted by Crippen LogP contribution is -2.04. The normalized spacial score (nSPS) is 9.73. The van der Waals surface area contributed by atoms with Crippen LogP contribution in [0.2, 0.25) is 0 Å². The average molecular weight is 210 g/mol. The smallest absolute Gasteiger partial charge is 0.303 e. The van der Waals surface area contributed by atoms with Crippen molar-refractivity contribution < 1.29 is 14.5 Å². The van der Waals surface area contributed by atoms with E-state index in [1.54, 1.807) is 6.92 Å². The molecule has 0 radical (unpaired) electrons. The molecule has 0 atom stereocenters. The molecule has 6 nitrogen and oxygen atoms in total. The number of hydrogen-bond donors (Lipinski definition) is 0. The third kappa shape index (κ3) is 2.73. The Bertz CT molecular complexity index is 403. The third-order valence-electron chi connectivity index (χ3n) is 1.89. The zero-order chi connectivity index (χ0) is 11.4. The fourth-order valence-corrected chi connectivity index (χ4v) is 1.08. The maximum absolute atomic E-state index is 10.6.